The van der Waals surface area contributed by atoms with Gasteiger partial charge in [0, 0.05) is 0 Å². The van der Waals surface area contributed by atoms with Crippen molar-refractivity contribution in [3.63, 3.8) is 0 Å². The highest BCUT2D eigenvalue weighted by molar-refractivity contribution is 7.07. The maximum Gasteiger partial charge on any atom is 0.338 e. The third kappa shape index (κ3) is 5.86. The Labute approximate surface area is 264 Å². The molecule has 9 heteroatoms. The van der Waals surface area contributed by atoms with E-state index in [4.69, 9.17) is 18.9 Å². The minimum absolute atomic E-state index is 0.207. The summed E-state index contributed by atoms with van der Waals surface area (Å²) >= 11 is 1.27. The van der Waals surface area contributed by atoms with Crippen molar-refractivity contribution in [1.29, 1.82) is 0 Å². The van der Waals surface area contributed by atoms with Gasteiger partial charge in [0.05, 0.1) is 42.7 Å². The van der Waals surface area contributed by atoms with Gasteiger partial charge in [-0.2, -0.15) is 0 Å². The molecule has 1 atom stereocenters. The first-order chi connectivity index (χ1) is 21.9. The summed E-state index contributed by atoms with van der Waals surface area (Å²) in [6.45, 7) is 4.10. The molecule has 0 radical (unpaired) electrons. The lowest BCUT2D eigenvalue weighted by atomic mass is 9.96. The van der Waals surface area contributed by atoms with Gasteiger partial charge in [0.15, 0.2) is 16.3 Å². The summed E-state index contributed by atoms with van der Waals surface area (Å²) in [4.78, 5) is 32.3. The van der Waals surface area contributed by atoms with Gasteiger partial charge < -0.3 is 18.9 Å². The summed E-state index contributed by atoms with van der Waals surface area (Å²) in [6.07, 6.45) is 1.80. The van der Waals surface area contributed by atoms with E-state index in [1.807, 2.05) is 48.5 Å². The Morgan fingerprint density at radius 3 is 2.49 bits per heavy atom. The molecule has 1 aliphatic rings. The minimum atomic E-state index is -0.701. The van der Waals surface area contributed by atoms with Crippen LogP contribution in [0.1, 0.15) is 36.6 Å². The van der Waals surface area contributed by atoms with Gasteiger partial charge in [0.1, 0.15) is 12.4 Å². The Morgan fingerprint density at radius 1 is 0.956 bits per heavy atom. The summed E-state index contributed by atoms with van der Waals surface area (Å²) in [5.74, 6) is 1.31. The van der Waals surface area contributed by atoms with Gasteiger partial charge in [0.2, 0.25) is 0 Å². The van der Waals surface area contributed by atoms with Gasteiger partial charge >= 0.3 is 5.97 Å². The molecule has 0 aliphatic carbocycles. The highest BCUT2D eigenvalue weighted by atomic mass is 32.1. The quantitative estimate of drug-likeness (QED) is 0.201. The van der Waals surface area contributed by atoms with E-state index in [0.29, 0.717) is 44.5 Å². The molecule has 1 aliphatic heterocycles. The summed E-state index contributed by atoms with van der Waals surface area (Å²) in [7, 11) is 3.18. The number of fused-ring (bicyclic) bond motifs is 2. The van der Waals surface area contributed by atoms with Crippen LogP contribution < -0.4 is 29.1 Å². The topological polar surface area (TPSA) is 88.4 Å². The highest BCUT2D eigenvalue weighted by Crippen LogP contribution is 2.32. The fourth-order valence-corrected chi connectivity index (χ4v) is 6.56. The zero-order valence-corrected chi connectivity index (χ0v) is 26.2. The van der Waals surface area contributed by atoms with Crippen molar-refractivity contribution >= 4 is 34.2 Å². The fraction of sp³-hybridized carbons (Fsp3) is 0.194. The van der Waals surface area contributed by atoms with E-state index >= 15 is 0 Å². The summed E-state index contributed by atoms with van der Waals surface area (Å²) < 4.78 is 24.6. The molecule has 1 aromatic heterocycles. The normalized spacial score (nSPS) is 14.6. The van der Waals surface area contributed by atoms with Crippen LogP contribution in [-0.4, -0.2) is 31.4 Å². The van der Waals surface area contributed by atoms with E-state index in [1.54, 1.807) is 50.8 Å². The minimum Gasteiger partial charge on any atom is -0.497 e. The van der Waals surface area contributed by atoms with E-state index in [0.717, 1.165) is 27.5 Å². The number of carbonyl (C=O) groups is 1. The molecule has 4 aromatic carbocycles. The molecule has 2 heterocycles. The average Bonchev–Trinajstić information content (AvgIpc) is 3.36. The van der Waals surface area contributed by atoms with Crippen LogP contribution in [0.15, 0.2) is 106 Å². The van der Waals surface area contributed by atoms with Gasteiger partial charge in [-0.3, -0.25) is 9.36 Å². The van der Waals surface area contributed by atoms with Crippen LogP contribution in [0.2, 0.25) is 0 Å². The Bertz CT molecular complexity index is 2110. The smallest absolute Gasteiger partial charge is 0.338 e. The number of methoxy groups -OCH3 is 2. The summed E-state index contributed by atoms with van der Waals surface area (Å²) in [6, 6.07) is 26.5. The monoisotopic (exact) mass is 620 g/mol. The van der Waals surface area contributed by atoms with Crippen molar-refractivity contribution in [2.45, 2.75) is 26.5 Å². The number of esters is 1. The molecule has 0 N–H and O–H groups in total. The first kappa shape index (κ1) is 29.9. The van der Waals surface area contributed by atoms with E-state index in [2.05, 4.69) is 29.3 Å². The lowest BCUT2D eigenvalue weighted by molar-refractivity contribution is -0.139. The van der Waals surface area contributed by atoms with Crippen LogP contribution in [0.4, 0.5) is 0 Å². The maximum absolute atomic E-state index is 14.0. The zero-order valence-electron chi connectivity index (χ0n) is 25.4. The molecule has 45 heavy (non-hydrogen) atoms. The van der Waals surface area contributed by atoms with E-state index < -0.39 is 12.0 Å². The molecule has 8 nitrogen and oxygen atoms in total. The van der Waals surface area contributed by atoms with Crippen molar-refractivity contribution in [3.8, 4) is 17.2 Å². The van der Waals surface area contributed by atoms with Crippen LogP contribution in [-0.2, 0) is 16.1 Å². The van der Waals surface area contributed by atoms with Crippen molar-refractivity contribution in [2.75, 3.05) is 20.8 Å². The highest BCUT2D eigenvalue weighted by Gasteiger charge is 2.33. The molecule has 1 unspecified atom stereocenters. The van der Waals surface area contributed by atoms with Crippen LogP contribution in [0.3, 0.4) is 0 Å². The number of thiazole rings is 1. The maximum atomic E-state index is 14.0. The molecule has 6 rings (SSSR count). The standard InChI is InChI=1S/C36H32N2O6S/c1-5-43-35(40)32-22(2)37-36-38(33(32)25-14-16-27(41-3)17-15-25)34(39)31(45-36)20-23-13-18-29(30(19-23)42-4)44-21-26-11-8-10-24-9-6-7-12-28(24)26/h6-20,33H,5,21H2,1-4H3/b31-20-. The first-order valence-electron chi connectivity index (χ1n) is 14.5. The molecule has 5 aromatic rings. The number of allylic oxidation sites excluding steroid dienone is 1. The van der Waals surface area contributed by atoms with Crippen molar-refractivity contribution in [3.05, 3.63) is 133 Å². The largest absolute Gasteiger partial charge is 0.497 e. The van der Waals surface area contributed by atoms with E-state index in [9.17, 15) is 9.59 Å². The average molecular weight is 621 g/mol. The molecule has 228 valence electrons. The van der Waals surface area contributed by atoms with Gasteiger partial charge in [-0.15, -0.1) is 0 Å². The predicted molar refractivity (Wildman–Crippen MR) is 175 cm³/mol. The van der Waals surface area contributed by atoms with Crippen LogP contribution in [0.5, 0.6) is 17.2 Å². The molecule has 0 bridgehead atoms. The Hall–Kier alpha value is -5.15. The second-order valence-electron chi connectivity index (χ2n) is 10.4. The van der Waals surface area contributed by atoms with Gasteiger partial charge in [-0.25, -0.2) is 9.79 Å². The molecule has 0 fully saturated rings. The number of nitrogens with zero attached hydrogens (tertiary/aromatic N) is 2. The third-order valence-corrected chi connectivity index (χ3v) is 8.68. The van der Waals surface area contributed by atoms with Crippen molar-refractivity contribution in [2.24, 2.45) is 4.99 Å². The first-order valence-corrected chi connectivity index (χ1v) is 15.3. The predicted octanol–water partition coefficient (Wildman–Crippen LogP) is 5.55. The zero-order chi connectivity index (χ0) is 31.5. The number of hydrogen-bond donors (Lipinski definition) is 0. The number of hydrogen-bond acceptors (Lipinski definition) is 8. The van der Waals surface area contributed by atoms with Gasteiger partial charge in [-0.05, 0) is 71.7 Å². The Balaban J connectivity index is 1.36. The fourth-order valence-electron chi connectivity index (χ4n) is 5.51. The SMILES string of the molecule is CCOC(=O)C1=C(C)N=c2s/c(=C\c3ccc(OCc4cccc5ccccc45)c(OC)c3)c(=O)n2C1c1ccc(OC)cc1. The second-order valence-corrected chi connectivity index (χ2v) is 11.4. The summed E-state index contributed by atoms with van der Waals surface area (Å²) in [5.41, 5.74) is 3.16. The summed E-state index contributed by atoms with van der Waals surface area (Å²) in [5, 5.41) is 2.29. The van der Waals surface area contributed by atoms with Crippen LogP contribution in [0, 0.1) is 0 Å². The molecule has 0 saturated carbocycles. The second kappa shape index (κ2) is 12.8. The van der Waals surface area contributed by atoms with Gasteiger partial charge in [0.25, 0.3) is 5.56 Å². The molecular weight excluding hydrogens is 588 g/mol. The third-order valence-electron chi connectivity index (χ3n) is 7.70. The number of benzene rings is 4. The van der Waals surface area contributed by atoms with E-state index in [1.165, 1.54) is 11.3 Å². The lowest BCUT2D eigenvalue weighted by Gasteiger charge is -2.24. The van der Waals surface area contributed by atoms with Gasteiger partial charge in [-0.1, -0.05) is 72.0 Å². The Morgan fingerprint density at radius 2 is 1.73 bits per heavy atom. The number of aromatic nitrogens is 1. The number of ether oxygens (including phenoxy) is 4. The van der Waals surface area contributed by atoms with Crippen LogP contribution >= 0.6 is 11.3 Å². The van der Waals surface area contributed by atoms with Crippen molar-refractivity contribution in [1.82, 2.24) is 4.57 Å². The van der Waals surface area contributed by atoms with Crippen LogP contribution in [0.25, 0.3) is 16.8 Å². The lowest BCUT2D eigenvalue weighted by Crippen LogP contribution is -2.39. The number of rotatable bonds is 9. The number of carbonyl (C=O) groups excluding carboxylic acids is 1. The van der Waals surface area contributed by atoms with Crippen molar-refractivity contribution < 1.29 is 23.7 Å². The molecule has 0 spiro atoms. The van der Waals surface area contributed by atoms with E-state index in [-0.39, 0.29) is 12.2 Å². The Kier molecular flexibility index (Phi) is 8.53. The molecule has 0 amide bonds. The molecule has 0 saturated heterocycles. The molecular formula is C36H32N2O6S.